The van der Waals surface area contributed by atoms with Gasteiger partial charge in [0, 0.05) is 18.5 Å². The fourth-order valence-corrected chi connectivity index (χ4v) is 3.09. The number of aromatic nitrogens is 4. The molecule has 6 heteroatoms. The van der Waals surface area contributed by atoms with Crippen molar-refractivity contribution < 1.29 is 9.15 Å². The zero-order valence-corrected chi connectivity index (χ0v) is 16.9. The third-order valence-corrected chi connectivity index (χ3v) is 4.94. The number of hydrogen-bond acceptors (Lipinski definition) is 6. The van der Waals surface area contributed by atoms with Crippen molar-refractivity contribution in [2.75, 3.05) is 0 Å². The highest BCUT2D eigenvalue weighted by molar-refractivity contribution is 5.46. The molecule has 0 amide bonds. The predicted molar refractivity (Wildman–Crippen MR) is 110 cm³/mol. The van der Waals surface area contributed by atoms with Gasteiger partial charge in [-0.15, -0.1) is 10.2 Å². The Morgan fingerprint density at radius 1 is 0.828 bits per heavy atom. The summed E-state index contributed by atoms with van der Waals surface area (Å²) in [5.74, 6) is 1.48. The van der Waals surface area contributed by atoms with Crippen molar-refractivity contribution in [1.82, 2.24) is 20.2 Å². The number of benzene rings is 2. The first-order chi connectivity index (χ1) is 13.9. The van der Waals surface area contributed by atoms with Crippen molar-refractivity contribution >= 4 is 0 Å². The molecule has 0 N–H and O–H groups in total. The second kappa shape index (κ2) is 7.47. The minimum Gasteiger partial charge on any atom is -0.424 e. The number of ether oxygens (including phenoxy) is 1. The Hall–Kier alpha value is -3.54. The van der Waals surface area contributed by atoms with Crippen LogP contribution in [0.1, 0.15) is 36.4 Å². The zero-order valence-electron chi connectivity index (χ0n) is 16.9. The molecule has 29 heavy (non-hydrogen) atoms. The molecule has 0 aliphatic carbocycles. The molecular weight excluding hydrogens is 364 g/mol. The number of hydrogen-bond donors (Lipinski definition) is 0. The molecule has 0 spiro atoms. The van der Waals surface area contributed by atoms with E-state index in [2.05, 4.69) is 77.3 Å². The van der Waals surface area contributed by atoms with Crippen LogP contribution in [0.15, 0.2) is 65.2 Å². The molecule has 0 fully saturated rings. The van der Waals surface area contributed by atoms with Crippen molar-refractivity contribution in [1.29, 1.82) is 0 Å². The largest absolute Gasteiger partial charge is 0.424 e. The molecule has 4 rings (SSSR count). The van der Waals surface area contributed by atoms with Crippen LogP contribution in [0.5, 0.6) is 11.8 Å². The molecular formula is C23H22N4O2. The third-order valence-electron chi connectivity index (χ3n) is 4.94. The molecule has 0 bridgehead atoms. The van der Waals surface area contributed by atoms with Crippen LogP contribution < -0.4 is 4.74 Å². The number of rotatable bonds is 5. The van der Waals surface area contributed by atoms with Crippen LogP contribution in [0.3, 0.4) is 0 Å². The van der Waals surface area contributed by atoms with Crippen LogP contribution in [-0.4, -0.2) is 20.2 Å². The molecule has 6 nitrogen and oxygen atoms in total. The van der Waals surface area contributed by atoms with Crippen molar-refractivity contribution in [2.45, 2.75) is 33.1 Å². The summed E-state index contributed by atoms with van der Waals surface area (Å²) in [4.78, 5) is 8.52. The van der Waals surface area contributed by atoms with Crippen LogP contribution in [0.2, 0.25) is 0 Å². The van der Waals surface area contributed by atoms with Crippen LogP contribution in [0.25, 0.3) is 11.6 Å². The summed E-state index contributed by atoms with van der Waals surface area (Å²) >= 11 is 0. The van der Waals surface area contributed by atoms with E-state index in [9.17, 15) is 0 Å². The Bertz CT molecular complexity index is 1120. The molecule has 2 aromatic heterocycles. The molecule has 0 saturated carbocycles. The molecule has 2 heterocycles. The zero-order chi connectivity index (χ0) is 20.4. The van der Waals surface area contributed by atoms with E-state index in [4.69, 9.17) is 9.15 Å². The fraction of sp³-hybridized carbons (Fsp3) is 0.217. The van der Waals surface area contributed by atoms with Gasteiger partial charge in [-0.1, -0.05) is 55.8 Å². The Kier molecular flexibility index (Phi) is 4.84. The Morgan fingerprint density at radius 3 is 2.10 bits per heavy atom. The monoisotopic (exact) mass is 386 g/mol. The lowest BCUT2D eigenvalue weighted by Crippen LogP contribution is -2.18. The molecule has 0 aliphatic rings. The van der Waals surface area contributed by atoms with Crippen molar-refractivity contribution in [3.05, 3.63) is 83.4 Å². The van der Waals surface area contributed by atoms with E-state index in [1.54, 1.807) is 19.2 Å². The summed E-state index contributed by atoms with van der Waals surface area (Å²) in [6.45, 7) is 8.26. The molecule has 0 atom stereocenters. The summed E-state index contributed by atoms with van der Waals surface area (Å²) in [5, 5.41) is 7.80. The van der Waals surface area contributed by atoms with E-state index in [1.165, 1.54) is 16.7 Å². The minimum atomic E-state index is -0.113. The third kappa shape index (κ3) is 4.01. The quantitative estimate of drug-likeness (QED) is 0.466. The summed E-state index contributed by atoms with van der Waals surface area (Å²) in [7, 11) is 0. The summed E-state index contributed by atoms with van der Waals surface area (Å²) in [6, 6.07) is 18.6. The van der Waals surface area contributed by atoms with Crippen LogP contribution in [0.4, 0.5) is 0 Å². The van der Waals surface area contributed by atoms with Gasteiger partial charge in [0.1, 0.15) is 11.4 Å². The van der Waals surface area contributed by atoms with Gasteiger partial charge in [0.2, 0.25) is 5.89 Å². The topological polar surface area (TPSA) is 73.9 Å². The lowest BCUT2D eigenvalue weighted by molar-refractivity contribution is 0.440. The molecule has 0 unspecified atom stereocenters. The lowest BCUT2D eigenvalue weighted by atomic mass is 9.78. The highest BCUT2D eigenvalue weighted by Gasteiger charge is 2.23. The van der Waals surface area contributed by atoms with Gasteiger partial charge in [-0.3, -0.25) is 0 Å². The highest BCUT2D eigenvalue weighted by atomic mass is 16.5. The maximum Gasteiger partial charge on any atom is 0.322 e. The lowest BCUT2D eigenvalue weighted by Gasteiger charge is -2.26. The predicted octanol–water partition coefficient (Wildman–Crippen LogP) is 5.26. The minimum absolute atomic E-state index is 0.113. The number of nitrogens with zero attached hydrogens (tertiary/aromatic N) is 4. The van der Waals surface area contributed by atoms with Crippen LogP contribution >= 0.6 is 0 Å². The van der Waals surface area contributed by atoms with Crippen molar-refractivity contribution in [3.63, 3.8) is 0 Å². The first-order valence-electron chi connectivity index (χ1n) is 9.41. The van der Waals surface area contributed by atoms with Gasteiger partial charge in [-0.25, -0.2) is 4.98 Å². The fourth-order valence-electron chi connectivity index (χ4n) is 3.09. The van der Waals surface area contributed by atoms with E-state index in [0.29, 0.717) is 23.2 Å². The SMILES string of the molecule is Cc1ccc(C(C)(C)c2ccc(Oc3nccc(-c4nnc(C)o4)n3)cc2)cc1. The Balaban J connectivity index is 1.53. The first kappa shape index (κ1) is 18.8. The van der Waals surface area contributed by atoms with E-state index >= 15 is 0 Å². The van der Waals surface area contributed by atoms with Gasteiger partial charge < -0.3 is 9.15 Å². The van der Waals surface area contributed by atoms with Gasteiger partial charge in [0.15, 0.2) is 0 Å². The second-order valence-corrected chi connectivity index (χ2v) is 7.47. The highest BCUT2D eigenvalue weighted by Crippen LogP contribution is 2.33. The normalized spacial score (nSPS) is 11.4. The van der Waals surface area contributed by atoms with Gasteiger partial charge in [0.05, 0.1) is 0 Å². The standard InChI is InChI=1S/C23H22N4O2/c1-15-5-7-17(8-6-15)23(3,4)18-9-11-19(12-10-18)29-22-24-14-13-20(25-22)21-27-26-16(2)28-21/h5-14H,1-4H3. The average Bonchev–Trinajstić information content (AvgIpc) is 3.15. The smallest absolute Gasteiger partial charge is 0.322 e. The average molecular weight is 386 g/mol. The van der Waals surface area contributed by atoms with E-state index < -0.39 is 0 Å². The van der Waals surface area contributed by atoms with E-state index in [1.807, 2.05) is 12.1 Å². The summed E-state index contributed by atoms with van der Waals surface area (Å²) in [5.41, 5.74) is 4.13. The summed E-state index contributed by atoms with van der Waals surface area (Å²) < 4.78 is 11.2. The van der Waals surface area contributed by atoms with Crippen molar-refractivity contribution in [3.8, 4) is 23.3 Å². The number of aryl methyl sites for hydroxylation is 2. The van der Waals surface area contributed by atoms with Crippen LogP contribution in [0, 0.1) is 13.8 Å². The molecule has 4 aromatic rings. The van der Waals surface area contributed by atoms with Gasteiger partial charge in [0.25, 0.3) is 5.89 Å². The maximum absolute atomic E-state index is 5.82. The molecule has 0 radical (unpaired) electrons. The van der Waals surface area contributed by atoms with Gasteiger partial charge >= 0.3 is 6.01 Å². The Morgan fingerprint density at radius 2 is 1.48 bits per heavy atom. The van der Waals surface area contributed by atoms with E-state index in [-0.39, 0.29) is 11.4 Å². The van der Waals surface area contributed by atoms with Gasteiger partial charge in [-0.2, -0.15) is 4.98 Å². The molecule has 2 aromatic carbocycles. The maximum atomic E-state index is 5.82. The van der Waals surface area contributed by atoms with E-state index in [0.717, 1.165) is 0 Å². The van der Waals surface area contributed by atoms with Crippen LogP contribution in [-0.2, 0) is 5.41 Å². The van der Waals surface area contributed by atoms with Gasteiger partial charge in [-0.05, 0) is 36.2 Å². The molecule has 0 aliphatic heterocycles. The summed E-state index contributed by atoms with van der Waals surface area (Å²) in [6.07, 6.45) is 1.60. The Labute approximate surface area is 169 Å². The second-order valence-electron chi connectivity index (χ2n) is 7.47. The molecule has 146 valence electrons. The van der Waals surface area contributed by atoms with Crippen molar-refractivity contribution in [2.24, 2.45) is 0 Å². The molecule has 0 saturated heterocycles. The first-order valence-corrected chi connectivity index (χ1v) is 9.41.